The van der Waals surface area contributed by atoms with E-state index >= 15 is 0 Å². The number of benzene rings is 3. The Balaban J connectivity index is 2.06. The van der Waals surface area contributed by atoms with Gasteiger partial charge in [-0.1, -0.05) is 74.5 Å². The molecular weight excluding hydrogens is 376 g/mol. The zero-order valence-electron chi connectivity index (χ0n) is 17.3. The van der Waals surface area contributed by atoms with Crippen LogP contribution in [0.2, 0.25) is 0 Å². The molecule has 0 aliphatic rings. The first-order valence-corrected chi connectivity index (χ1v) is 9.79. The van der Waals surface area contributed by atoms with Crippen LogP contribution < -0.4 is 5.32 Å². The van der Waals surface area contributed by atoms with Crippen LogP contribution in [0.25, 0.3) is 11.6 Å². The summed E-state index contributed by atoms with van der Waals surface area (Å²) < 4.78 is 0. The molecule has 3 rings (SSSR count). The van der Waals surface area contributed by atoms with Crippen LogP contribution in [0.4, 0.5) is 11.4 Å². The molecule has 0 spiro atoms. The minimum absolute atomic E-state index is 0.0161. The lowest BCUT2D eigenvalue weighted by Gasteiger charge is -2.17. The number of rotatable bonds is 6. The molecule has 1 N–H and O–H groups in total. The van der Waals surface area contributed by atoms with Crippen molar-refractivity contribution in [3.63, 3.8) is 0 Å². The van der Waals surface area contributed by atoms with Crippen molar-refractivity contribution in [3.05, 3.63) is 105 Å². The van der Waals surface area contributed by atoms with E-state index in [9.17, 15) is 14.9 Å². The fourth-order valence-electron chi connectivity index (χ4n) is 3.32. The first-order valence-electron chi connectivity index (χ1n) is 9.79. The van der Waals surface area contributed by atoms with Crippen LogP contribution in [0.3, 0.4) is 0 Å². The predicted octanol–water partition coefficient (Wildman–Crippen LogP) is 6.21. The number of hydrogen-bond acceptors (Lipinski definition) is 3. The molecular formula is C25H24N2O3. The average molecular weight is 400 g/mol. The predicted molar refractivity (Wildman–Crippen MR) is 121 cm³/mol. The van der Waals surface area contributed by atoms with Crippen molar-refractivity contribution in [2.24, 2.45) is 0 Å². The van der Waals surface area contributed by atoms with Crippen molar-refractivity contribution in [2.75, 3.05) is 5.32 Å². The summed E-state index contributed by atoms with van der Waals surface area (Å²) in [4.78, 5) is 24.0. The van der Waals surface area contributed by atoms with Gasteiger partial charge in [-0.3, -0.25) is 14.9 Å². The number of para-hydroxylation sites is 1. The Bertz CT molecular complexity index is 1100. The van der Waals surface area contributed by atoms with Gasteiger partial charge in [0, 0.05) is 23.4 Å². The van der Waals surface area contributed by atoms with Gasteiger partial charge in [0.05, 0.1) is 4.92 Å². The number of nitro benzene ring substituents is 1. The van der Waals surface area contributed by atoms with Crippen molar-refractivity contribution in [3.8, 4) is 0 Å². The Labute approximate surface area is 176 Å². The fourth-order valence-corrected chi connectivity index (χ4v) is 3.32. The highest BCUT2D eigenvalue weighted by molar-refractivity contribution is 6.29. The number of carbonyl (C=O) groups excluding carboxylic acids is 1. The third-order valence-corrected chi connectivity index (χ3v) is 4.89. The molecule has 0 heterocycles. The number of nitro groups is 1. The second-order valence-corrected chi connectivity index (χ2v) is 7.42. The Kier molecular flexibility index (Phi) is 6.42. The van der Waals surface area contributed by atoms with E-state index < -0.39 is 4.92 Å². The first-order chi connectivity index (χ1) is 14.4. The van der Waals surface area contributed by atoms with Crippen LogP contribution in [0.15, 0.2) is 72.8 Å². The summed E-state index contributed by atoms with van der Waals surface area (Å²) in [5, 5.41) is 14.2. The smallest absolute Gasteiger partial charge is 0.270 e. The zero-order chi connectivity index (χ0) is 21.7. The largest absolute Gasteiger partial charge is 0.321 e. The van der Waals surface area contributed by atoms with Gasteiger partial charge in [-0.05, 0) is 41.2 Å². The number of anilines is 1. The third kappa shape index (κ3) is 4.81. The molecule has 0 aliphatic heterocycles. The normalized spacial score (nSPS) is 11.4. The van der Waals surface area contributed by atoms with E-state index in [1.54, 1.807) is 18.2 Å². The average Bonchev–Trinajstić information content (AvgIpc) is 2.74. The zero-order valence-corrected chi connectivity index (χ0v) is 17.3. The summed E-state index contributed by atoms with van der Waals surface area (Å²) >= 11 is 0. The van der Waals surface area contributed by atoms with Gasteiger partial charge in [-0.15, -0.1) is 0 Å². The van der Waals surface area contributed by atoms with Gasteiger partial charge < -0.3 is 5.32 Å². The number of non-ortho nitro benzene ring substituents is 1. The Hall–Kier alpha value is -3.73. The standard InChI is InChI=1S/C25H24N2O3/c1-17(2)22-14-7-9-18(3)24(22)26-25(28)23(20-11-5-4-6-12-20)16-19-10-8-13-21(15-19)27(29)30/h4-17H,1-3H3,(H,26,28)/b23-16+. The molecule has 1 amide bonds. The molecule has 3 aromatic carbocycles. The van der Waals surface area contributed by atoms with E-state index in [4.69, 9.17) is 0 Å². The summed E-state index contributed by atoms with van der Waals surface area (Å²) in [5.41, 5.74) is 4.60. The number of nitrogens with zero attached hydrogens (tertiary/aromatic N) is 1. The lowest BCUT2D eigenvalue weighted by atomic mass is 9.97. The summed E-state index contributed by atoms with van der Waals surface area (Å²) in [6.07, 6.45) is 1.69. The molecule has 0 fully saturated rings. The Morgan fingerprint density at radius 1 is 1.00 bits per heavy atom. The van der Waals surface area contributed by atoms with Gasteiger partial charge in [-0.2, -0.15) is 0 Å². The highest BCUT2D eigenvalue weighted by Gasteiger charge is 2.17. The minimum atomic E-state index is -0.443. The maximum atomic E-state index is 13.4. The van der Waals surface area contributed by atoms with Gasteiger partial charge in [0.1, 0.15) is 0 Å². The fraction of sp³-hybridized carbons (Fsp3) is 0.160. The molecule has 0 unspecified atom stereocenters. The van der Waals surface area contributed by atoms with E-state index in [1.165, 1.54) is 12.1 Å². The molecule has 0 saturated carbocycles. The van der Waals surface area contributed by atoms with Gasteiger partial charge in [0.15, 0.2) is 0 Å². The molecule has 0 saturated heterocycles. The van der Waals surface area contributed by atoms with Crippen molar-refractivity contribution in [2.45, 2.75) is 26.7 Å². The monoisotopic (exact) mass is 400 g/mol. The highest BCUT2D eigenvalue weighted by Crippen LogP contribution is 2.29. The SMILES string of the molecule is Cc1cccc(C(C)C)c1NC(=O)/C(=C/c1cccc([N+](=O)[O-])c1)c1ccccc1. The summed E-state index contributed by atoms with van der Waals surface area (Å²) in [6, 6.07) is 21.5. The van der Waals surface area contributed by atoms with Crippen LogP contribution in [0.1, 0.15) is 42.0 Å². The van der Waals surface area contributed by atoms with Crippen LogP contribution in [-0.4, -0.2) is 10.8 Å². The molecule has 0 aromatic heterocycles. The molecule has 5 heteroatoms. The van der Waals surface area contributed by atoms with Crippen LogP contribution >= 0.6 is 0 Å². The lowest BCUT2D eigenvalue weighted by molar-refractivity contribution is -0.384. The lowest BCUT2D eigenvalue weighted by Crippen LogP contribution is -2.16. The molecule has 5 nitrogen and oxygen atoms in total. The molecule has 30 heavy (non-hydrogen) atoms. The van der Waals surface area contributed by atoms with Crippen molar-refractivity contribution in [1.82, 2.24) is 0 Å². The Morgan fingerprint density at radius 3 is 2.37 bits per heavy atom. The molecule has 0 bridgehead atoms. The summed E-state index contributed by atoms with van der Waals surface area (Å²) in [7, 11) is 0. The van der Waals surface area contributed by atoms with Gasteiger partial charge >= 0.3 is 0 Å². The highest BCUT2D eigenvalue weighted by atomic mass is 16.6. The number of hydrogen-bond donors (Lipinski definition) is 1. The topological polar surface area (TPSA) is 72.2 Å². The quantitative estimate of drug-likeness (QED) is 0.231. The van der Waals surface area contributed by atoms with Crippen LogP contribution in [-0.2, 0) is 4.79 Å². The second-order valence-electron chi connectivity index (χ2n) is 7.42. The van der Waals surface area contributed by atoms with E-state index in [0.717, 1.165) is 22.4 Å². The second kappa shape index (κ2) is 9.18. The van der Waals surface area contributed by atoms with Gasteiger partial charge in [0.2, 0.25) is 0 Å². The van der Waals surface area contributed by atoms with Gasteiger partial charge in [-0.25, -0.2) is 0 Å². The van der Waals surface area contributed by atoms with Gasteiger partial charge in [0.25, 0.3) is 11.6 Å². The number of nitrogens with one attached hydrogen (secondary N) is 1. The van der Waals surface area contributed by atoms with Crippen LogP contribution in [0, 0.1) is 17.0 Å². The molecule has 0 atom stereocenters. The van der Waals surface area contributed by atoms with E-state index in [-0.39, 0.29) is 17.5 Å². The third-order valence-electron chi connectivity index (χ3n) is 4.89. The van der Waals surface area contributed by atoms with E-state index in [2.05, 4.69) is 19.2 Å². The van der Waals surface area contributed by atoms with Crippen molar-refractivity contribution in [1.29, 1.82) is 0 Å². The van der Waals surface area contributed by atoms with E-state index in [0.29, 0.717) is 11.1 Å². The van der Waals surface area contributed by atoms with E-state index in [1.807, 2.05) is 55.5 Å². The first kappa shape index (κ1) is 21.0. The molecule has 152 valence electrons. The number of aryl methyl sites for hydroxylation is 1. The molecule has 3 aromatic rings. The molecule has 0 aliphatic carbocycles. The minimum Gasteiger partial charge on any atom is -0.321 e. The maximum Gasteiger partial charge on any atom is 0.270 e. The summed E-state index contributed by atoms with van der Waals surface area (Å²) in [6.45, 7) is 6.14. The van der Waals surface area contributed by atoms with Crippen molar-refractivity contribution < 1.29 is 9.72 Å². The summed E-state index contributed by atoms with van der Waals surface area (Å²) in [5.74, 6) is -0.00923. The van der Waals surface area contributed by atoms with Crippen molar-refractivity contribution >= 4 is 28.9 Å². The Morgan fingerprint density at radius 2 is 1.70 bits per heavy atom. The number of carbonyl (C=O) groups is 1. The van der Waals surface area contributed by atoms with Crippen LogP contribution in [0.5, 0.6) is 0 Å². The maximum absolute atomic E-state index is 13.4. The number of amides is 1. The molecule has 0 radical (unpaired) electrons.